The van der Waals surface area contributed by atoms with Crippen molar-refractivity contribution in [2.75, 3.05) is 39.8 Å². The number of amides is 1. The molecule has 1 aliphatic heterocycles. The highest BCUT2D eigenvalue weighted by Crippen LogP contribution is 2.15. The second kappa shape index (κ2) is 7.39. The van der Waals surface area contributed by atoms with Crippen LogP contribution in [0.3, 0.4) is 0 Å². The lowest BCUT2D eigenvalue weighted by molar-refractivity contribution is -0.121. The Morgan fingerprint density at radius 2 is 2.09 bits per heavy atom. The number of hydrogen-bond donors (Lipinski definition) is 2. The largest absolute Gasteiger partial charge is 0.361 e. The Bertz CT molecular complexity index is 685. The zero-order valence-corrected chi connectivity index (χ0v) is 13.5. The number of nitrogens with one attached hydrogen (secondary N) is 2. The summed E-state index contributed by atoms with van der Waals surface area (Å²) in [5.74, 6) is -0.0416. The van der Waals surface area contributed by atoms with E-state index in [1.807, 2.05) is 30.5 Å². The number of aromatic nitrogens is 1. The Hall–Kier alpha value is -2.18. The highest BCUT2D eigenvalue weighted by molar-refractivity contribution is 5.99. The first-order chi connectivity index (χ1) is 11.2. The van der Waals surface area contributed by atoms with Gasteiger partial charge in [-0.05, 0) is 13.1 Å². The molecule has 1 saturated heterocycles. The fraction of sp³-hybridized carbons (Fsp3) is 0.412. The third-order valence-corrected chi connectivity index (χ3v) is 4.27. The predicted octanol–water partition coefficient (Wildman–Crippen LogP) is 1.26. The molecule has 2 heterocycles. The van der Waals surface area contributed by atoms with Gasteiger partial charge in [-0.2, -0.15) is 5.10 Å². The number of hydrazone groups is 1. The first-order valence-electron chi connectivity index (χ1n) is 8.01. The van der Waals surface area contributed by atoms with Gasteiger partial charge < -0.3 is 14.8 Å². The van der Waals surface area contributed by atoms with Crippen molar-refractivity contribution in [2.45, 2.75) is 6.42 Å². The molecule has 2 N–H and O–H groups in total. The average molecular weight is 313 g/mol. The summed E-state index contributed by atoms with van der Waals surface area (Å²) in [6.45, 7) is 4.99. The van der Waals surface area contributed by atoms with Crippen LogP contribution in [0.15, 0.2) is 35.6 Å². The lowest BCUT2D eigenvalue weighted by atomic mass is 10.2. The minimum atomic E-state index is -0.0416. The number of rotatable bonds is 5. The Balaban J connectivity index is 1.45. The molecule has 122 valence electrons. The minimum absolute atomic E-state index is 0.0416. The number of hydrogen-bond acceptors (Lipinski definition) is 4. The Labute approximate surface area is 136 Å². The number of carbonyl (C=O) groups excluding carboxylic acids is 1. The zero-order chi connectivity index (χ0) is 16.1. The van der Waals surface area contributed by atoms with Gasteiger partial charge in [0.15, 0.2) is 0 Å². The summed E-state index contributed by atoms with van der Waals surface area (Å²) in [4.78, 5) is 19.7. The summed E-state index contributed by atoms with van der Waals surface area (Å²) >= 11 is 0. The molecule has 6 heteroatoms. The molecule has 0 bridgehead atoms. The minimum Gasteiger partial charge on any atom is -0.361 e. The second-order valence-electron chi connectivity index (χ2n) is 5.98. The van der Waals surface area contributed by atoms with Crippen molar-refractivity contribution >= 4 is 23.0 Å². The summed E-state index contributed by atoms with van der Waals surface area (Å²) in [7, 11) is 2.13. The molecule has 0 spiro atoms. The summed E-state index contributed by atoms with van der Waals surface area (Å²) in [5, 5.41) is 5.17. The summed E-state index contributed by atoms with van der Waals surface area (Å²) in [5.41, 5.74) is 4.65. The zero-order valence-electron chi connectivity index (χ0n) is 13.5. The first-order valence-corrected chi connectivity index (χ1v) is 8.01. The van der Waals surface area contributed by atoms with E-state index in [9.17, 15) is 4.79 Å². The number of aromatic amines is 1. The molecular formula is C17H23N5O. The number of H-pyrrole nitrogens is 1. The molecule has 1 aliphatic rings. The van der Waals surface area contributed by atoms with Crippen molar-refractivity contribution in [2.24, 2.45) is 5.10 Å². The van der Waals surface area contributed by atoms with E-state index in [0.717, 1.165) is 49.2 Å². The van der Waals surface area contributed by atoms with E-state index in [2.05, 4.69) is 32.4 Å². The molecule has 1 amide bonds. The fourth-order valence-corrected chi connectivity index (χ4v) is 2.76. The van der Waals surface area contributed by atoms with Crippen molar-refractivity contribution in [3.05, 3.63) is 36.0 Å². The van der Waals surface area contributed by atoms with Crippen LogP contribution in [0.1, 0.15) is 12.0 Å². The number of carbonyl (C=O) groups is 1. The van der Waals surface area contributed by atoms with Crippen molar-refractivity contribution < 1.29 is 4.79 Å². The molecule has 0 unspecified atom stereocenters. The maximum Gasteiger partial charge on any atom is 0.241 e. The molecule has 0 radical (unpaired) electrons. The first kappa shape index (κ1) is 15.7. The van der Waals surface area contributed by atoms with Gasteiger partial charge in [0.25, 0.3) is 0 Å². The normalized spacial score (nSPS) is 17.1. The molecule has 3 rings (SSSR count). The number of piperazine rings is 1. The third-order valence-electron chi connectivity index (χ3n) is 4.27. The van der Waals surface area contributed by atoms with Crippen molar-refractivity contribution in [3.63, 3.8) is 0 Å². The lowest BCUT2D eigenvalue weighted by Crippen LogP contribution is -2.45. The fourth-order valence-electron chi connectivity index (χ4n) is 2.76. The van der Waals surface area contributed by atoms with E-state index in [1.54, 1.807) is 6.21 Å². The van der Waals surface area contributed by atoms with Gasteiger partial charge >= 0.3 is 0 Å². The molecule has 0 aliphatic carbocycles. The van der Waals surface area contributed by atoms with Crippen molar-refractivity contribution in [3.8, 4) is 0 Å². The number of fused-ring (bicyclic) bond motifs is 1. The van der Waals surface area contributed by atoms with Crippen LogP contribution in [-0.4, -0.2) is 66.7 Å². The van der Waals surface area contributed by atoms with Crippen molar-refractivity contribution in [1.82, 2.24) is 20.2 Å². The van der Waals surface area contributed by atoms with E-state index in [1.165, 1.54) is 0 Å². The maximum atomic E-state index is 11.9. The van der Waals surface area contributed by atoms with Crippen LogP contribution in [0.5, 0.6) is 0 Å². The second-order valence-corrected chi connectivity index (χ2v) is 5.98. The molecule has 1 aromatic carbocycles. The van der Waals surface area contributed by atoms with E-state index in [4.69, 9.17) is 0 Å². The lowest BCUT2D eigenvalue weighted by Gasteiger charge is -2.32. The van der Waals surface area contributed by atoms with Crippen LogP contribution in [0.4, 0.5) is 0 Å². The number of para-hydroxylation sites is 1. The van der Waals surface area contributed by atoms with Gasteiger partial charge in [0.05, 0.1) is 6.21 Å². The topological polar surface area (TPSA) is 63.7 Å². The van der Waals surface area contributed by atoms with E-state index >= 15 is 0 Å². The van der Waals surface area contributed by atoms with Crippen LogP contribution in [-0.2, 0) is 4.79 Å². The Morgan fingerprint density at radius 3 is 2.91 bits per heavy atom. The molecule has 1 aromatic heterocycles. The highest BCUT2D eigenvalue weighted by Gasteiger charge is 2.14. The molecule has 2 aromatic rings. The number of likely N-dealkylation sites (N-methyl/N-ethyl adjacent to an activating group) is 1. The van der Waals surface area contributed by atoms with E-state index < -0.39 is 0 Å². The van der Waals surface area contributed by atoms with Crippen LogP contribution < -0.4 is 5.43 Å². The standard InChI is InChI=1S/C17H23N5O/c1-21-8-10-22(11-9-21)7-6-17(23)20-19-13-14-12-18-16-5-3-2-4-15(14)16/h2-5,12-13,18H,6-11H2,1H3,(H,20,23). The Morgan fingerprint density at radius 1 is 1.30 bits per heavy atom. The van der Waals surface area contributed by atoms with Gasteiger partial charge in [0, 0.05) is 61.8 Å². The third kappa shape index (κ3) is 4.18. The van der Waals surface area contributed by atoms with Crippen LogP contribution in [0, 0.1) is 0 Å². The summed E-state index contributed by atoms with van der Waals surface area (Å²) in [6, 6.07) is 8.02. The SMILES string of the molecule is CN1CCN(CCC(=O)NN=Cc2c[nH]c3ccccc23)CC1. The van der Waals surface area contributed by atoms with Gasteiger partial charge in [-0.3, -0.25) is 4.79 Å². The number of nitrogens with zero attached hydrogens (tertiary/aromatic N) is 3. The smallest absolute Gasteiger partial charge is 0.241 e. The average Bonchev–Trinajstić information content (AvgIpc) is 2.98. The van der Waals surface area contributed by atoms with Crippen LogP contribution in [0.2, 0.25) is 0 Å². The maximum absolute atomic E-state index is 11.9. The molecular weight excluding hydrogens is 290 g/mol. The van der Waals surface area contributed by atoms with Gasteiger partial charge in [-0.25, -0.2) is 5.43 Å². The molecule has 6 nitrogen and oxygen atoms in total. The number of benzene rings is 1. The predicted molar refractivity (Wildman–Crippen MR) is 92.6 cm³/mol. The quantitative estimate of drug-likeness (QED) is 0.645. The van der Waals surface area contributed by atoms with Gasteiger partial charge in [0.1, 0.15) is 0 Å². The van der Waals surface area contributed by atoms with Crippen LogP contribution in [0.25, 0.3) is 10.9 Å². The van der Waals surface area contributed by atoms with Gasteiger partial charge in [-0.15, -0.1) is 0 Å². The highest BCUT2D eigenvalue weighted by atomic mass is 16.2. The van der Waals surface area contributed by atoms with Crippen LogP contribution >= 0.6 is 0 Å². The molecule has 1 fully saturated rings. The summed E-state index contributed by atoms with van der Waals surface area (Å²) in [6.07, 6.45) is 4.06. The summed E-state index contributed by atoms with van der Waals surface area (Å²) < 4.78 is 0. The molecule has 0 atom stereocenters. The monoisotopic (exact) mass is 313 g/mol. The Kier molecular flexibility index (Phi) is 5.05. The van der Waals surface area contributed by atoms with Gasteiger partial charge in [-0.1, -0.05) is 18.2 Å². The molecule has 23 heavy (non-hydrogen) atoms. The van der Waals surface area contributed by atoms with E-state index in [-0.39, 0.29) is 5.91 Å². The van der Waals surface area contributed by atoms with Gasteiger partial charge in [0.2, 0.25) is 5.91 Å². The van der Waals surface area contributed by atoms with E-state index in [0.29, 0.717) is 6.42 Å². The van der Waals surface area contributed by atoms with Crippen molar-refractivity contribution in [1.29, 1.82) is 0 Å². The molecule has 0 saturated carbocycles.